The topological polar surface area (TPSA) is 72.8 Å². The molecule has 1 unspecified atom stereocenters. The standard InChI is InChI=1S/C53H104O5/c1-3-5-7-9-11-13-15-17-19-21-23-25-26-27-28-30-32-34-36-38-40-42-44-46-48-53(56)58-51(49-54)50-57-52(55)47-45-43-41-39-37-35-33-31-29-24-22-20-18-16-14-12-10-8-6-4-2/h51,54H,3-50H2,1-2H3. The summed E-state index contributed by atoms with van der Waals surface area (Å²) >= 11 is 0. The number of ether oxygens (including phenoxy) is 2. The Hall–Kier alpha value is -1.10. The highest BCUT2D eigenvalue weighted by Crippen LogP contribution is 2.18. The van der Waals surface area contributed by atoms with Gasteiger partial charge in [-0.15, -0.1) is 0 Å². The number of carbonyl (C=O) groups is 2. The summed E-state index contributed by atoms with van der Waals surface area (Å²) in [6.07, 6.45) is 59.2. The molecule has 0 aromatic carbocycles. The Morgan fingerprint density at radius 2 is 0.534 bits per heavy atom. The minimum absolute atomic E-state index is 0.0558. The number of carbonyl (C=O) groups excluding carboxylic acids is 2. The molecule has 0 heterocycles. The lowest BCUT2D eigenvalue weighted by Crippen LogP contribution is -2.28. The van der Waals surface area contributed by atoms with Gasteiger partial charge in [-0.3, -0.25) is 9.59 Å². The molecule has 0 aliphatic rings. The third-order valence-electron chi connectivity index (χ3n) is 12.4. The highest BCUT2D eigenvalue weighted by Gasteiger charge is 2.16. The second kappa shape index (κ2) is 50.3. The lowest BCUT2D eigenvalue weighted by Gasteiger charge is -2.15. The molecule has 0 radical (unpaired) electrons. The fraction of sp³-hybridized carbons (Fsp3) is 0.962. The van der Waals surface area contributed by atoms with Crippen molar-refractivity contribution < 1.29 is 24.2 Å². The molecule has 0 aliphatic carbocycles. The first kappa shape index (κ1) is 56.9. The number of esters is 2. The van der Waals surface area contributed by atoms with Gasteiger partial charge >= 0.3 is 11.9 Å². The van der Waals surface area contributed by atoms with E-state index in [-0.39, 0.29) is 25.2 Å². The maximum atomic E-state index is 12.3. The Kier molecular flexibility index (Phi) is 49.3. The van der Waals surface area contributed by atoms with Gasteiger partial charge in [0.05, 0.1) is 6.61 Å². The van der Waals surface area contributed by atoms with Crippen LogP contribution in [0.25, 0.3) is 0 Å². The molecule has 0 rings (SSSR count). The SMILES string of the molecule is CCCCCCCCCCCCCCCCCCCCCCCCCCC(=O)OC(CO)COC(=O)CCCCCCCCCCCCCCCCCCCCCC. The Morgan fingerprint density at radius 3 is 0.759 bits per heavy atom. The Balaban J connectivity index is 3.41. The second-order valence-corrected chi connectivity index (χ2v) is 18.3. The average molecular weight is 821 g/mol. The van der Waals surface area contributed by atoms with Crippen molar-refractivity contribution in [2.45, 2.75) is 315 Å². The Morgan fingerprint density at radius 1 is 0.328 bits per heavy atom. The zero-order chi connectivity index (χ0) is 42.1. The maximum absolute atomic E-state index is 12.3. The van der Waals surface area contributed by atoms with Crippen LogP contribution in [0, 0.1) is 0 Å². The normalized spacial score (nSPS) is 12.0. The third-order valence-corrected chi connectivity index (χ3v) is 12.4. The van der Waals surface area contributed by atoms with Gasteiger partial charge in [0.25, 0.3) is 0 Å². The van der Waals surface area contributed by atoms with Crippen molar-refractivity contribution >= 4 is 11.9 Å². The van der Waals surface area contributed by atoms with Crippen LogP contribution >= 0.6 is 0 Å². The zero-order valence-corrected chi connectivity index (χ0v) is 39.6. The van der Waals surface area contributed by atoms with E-state index in [0.717, 1.165) is 32.1 Å². The zero-order valence-electron chi connectivity index (χ0n) is 39.6. The summed E-state index contributed by atoms with van der Waals surface area (Å²) in [5.41, 5.74) is 0. The maximum Gasteiger partial charge on any atom is 0.306 e. The number of rotatable bonds is 50. The van der Waals surface area contributed by atoms with Crippen LogP contribution in [0.15, 0.2) is 0 Å². The molecule has 5 heteroatoms. The molecule has 0 aliphatic heterocycles. The van der Waals surface area contributed by atoms with E-state index in [9.17, 15) is 14.7 Å². The molecule has 0 bridgehead atoms. The van der Waals surface area contributed by atoms with Crippen molar-refractivity contribution in [3.8, 4) is 0 Å². The van der Waals surface area contributed by atoms with Gasteiger partial charge in [-0.05, 0) is 12.8 Å². The number of aliphatic hydroxyl groups excluding tert-OH is 1. The predicted octanol–water partition coefficient (Wildman–Crippen LogP) is 17.4. The summed E-state index contributed by atoms with van der Waals surface area (Å²) in [6.45, 7) is 4.20. The molecule has 0 aromatic rings. The van der Waals surface area contributed by atoms with Crippen molar-refractivity contribution in [2.24, 2.45) is 0 Å². The van der Waals surface area contributed by atoms with E-state index >= 15 is 0 Å². The van der Waals surface area contributed by atoms with Gasteiger partial charge in [-0.2, -0.15) is 0 Å². The van der Waals surface area contributed by atoms with Crippen molar-refractivity contribution in [3.05, 3.63) is 0 Å². The molecule has 0 amide bonds. The molecule has 58 heavy (non-hydrogen) atoms. The van der Waals surface area contributed by atoms with Gasteiger partial charge in [0.1, 0.15) is 6.61 Å². The van der Waals surface area contributed by atoms with Crippen molar-refractivity contribution in [3.63, 3.8) is 0 Å². The Bertz CT molecular complexity index is 799. The van der Waals surface area contributed by atoms with E-state index in [0.29, 0.717) is 12.8 Å². The molecule has 5 nitrogen and oxygen atoms in total. The second-order valence-electron chi connectivity index (χ2n) is 18.3. The summed E-state index contributed by atoms with van der Waals surface area (Å²) in [7, 11) is 0. The summed E-state index contributed by atoms with van der Waals surface area (Å²) < 4.78 is 10.7. The minimum Gasteiger partial charge on any atom is -0.462 e. The van der Waals surface area contributed by atoms with Gasteiger partial charge in [0.15, 0.2) is 6.10 Å². The number of hydrogen-bond donors (Lipinski definition) is 1. The van der Waals surface area contributed by atoms with Crippen LogP contribution in [0.3, 0.4) is 0 Å². The quantitative estimate of drug-likeness (QED) is 0.0489. The highest BCUT2D eigenvalue weighted by molar-refractivity contribution is 5.70. The first-order valence-corrected chi connectivity index (χ1v) is 26.6. The van der Waals surface area contributed by atoms with Crippen molar-refractivity contribution in [1.82, 2.24) is 0 Å². The largest absolute Gasteiger partial charge is 0.462 e. The first-order chi connectivity index (χ1) is 28.6. The average Bonchev–Trinajstić information content (AvgIpc) is 3.23. The van der Waals surface area contributed by atoms with Crippen molar-refractivity contribution in [1.29, 1.82) is 0 Å². The van der Waals surface area contributed by atoms with Crippen LogP contribution in [0.5, 0.6) is 0 Å². The van der Waals surface area contributed by atoms with Crippen LogP contribution in [0.4, 0.5) is 0 Å². The Labute approximate surface area is 363 Å². The molecule has 0 spiro atoms. The monoisotopic (exact) mass is 821 g/mol. The summed E-state index contributed by atoms with van der Waals surface area (Å²) in [6, 6.07) is 0. The number of aliphatic hydroxyl groups is 1. The smallest absolute Gasteiger partial charge is 0.306 e. The van der Waals surface area contributed by atoms with Crippen molar-refractivity contribution in [2.75, 3.05) is 13.2 Å². The minimum atomic E-state index is -0.763. The van der Waals surface area contributed by atoms with Crippen LogP contribution in [-0.4, -0.2) is 36.4 Å². The molecular formula is C53H104O5. The van der Waals surface area contributed by atoms with Crippen LogP contribution in [0.2, 0.25) is 0 Å². The summed E-state index contributed by atoms with van der Waals surface area (Å²) in [5.74, 6) is -0.565. The van der Waals surface area contributed by atoms with Crippen LogP contribution in [-0.2, 0) is 19.1 Å². The fourth-order valence-corrected chi connectivity index (χ4v) is 8.38. The molecule has 0 fully saturated rings. The first-order valence-electron chi connectivity index (χ1n) is 26.6. The third kappa shape index (κ3) is 47.6. The molecule has 346 valence electrons. The molecule has 0 aromatic heterocycles. The van der Waals surface area contributed by atoms with Gasteiger partial charge in [0, 0.05) is 12.8 Å². The lowest BCUT2D eigenvalue weighted by molar-refractivity contribution is -0.161. The molecule has 1 N–H and O–H groups in total. The van der Waals surface area contributed by atoms with E-state index in [1.54, 1.807) is 0 Å². The molecule has 1 atom stereocenters. The fourth-order valence-electron chi connectivity index (χ4n) is 8.38. The van der Waals surface area contributed by atoms with Gasteiger partial charge in [-0.1, -0.05) is 284 Å². The summed E-state index contributed by atoms with van der Waals surface area (Å²) in [4.78, 5) is 24.5. The number of unbranched alkanes of at least 4 members (excludes halogenated alkanes) is 42. The van der Waals surface area contributed by atoms with E-state index in [2.05, 4.69) is 13.8 Å². The molecular weight excluding hydrogens is 717 g/mol. The van der Waals surface area contributed by atoms with Gasteiger partial charge in [0.2, 0.25) is 0 Å². The highest BCUT2D eigenvalue weighted by atomic mass is 16.6. The molecule has 0 saturated carbocycles. The number of hydrogen-bond acceptors (Lipinski definition) is 5. The van der Waals surface area contributed by atoms with Crippen LogP contribution in [0.1, 0.15) is 309 Å². The van der Waals surface area contributed by atoms with E-state index < -0.39 is 6.10 Å². The molecule has 0 saturated heterocycles. The summed E-state index contributed by atoms with van der Waals surface area (Å²) in [5, 5.41) is 9.63. The van der Waals surface area contributed by atoms with E-state index in [4.69, 9.17) is 9.47 Å². The lowest BCUT2D eigenvalue weighted by atomic mass is 10.0. The van der Waals surface area contributed by atoms with Gasteiger partial charge in [-0.25, -0.2) is 0 Å². The van der Waals surface area contributed by atoms with Crippen LogP contribution < -0.4 is 0 Å². The van der Waals surface area contributed by atoms with E-state index in [1.807, 2.05) is 0 Å². The van der Waals surface area contributed by atoms with Gasteiger partial charge < -0.3 is 14.6 Å². The van der Waals surface area contributed by atoms with E-state index in [1.165, 1.54) is 250 Å². The predicted molar refractivity (Wildman–Crippen MR) is 252 cm³/mol.